The number of hydrogen-bond acceptors (Lipinski definition) is 4. The van der Waals surface area contributed by atoms with E-state index in [4.69, 9.17) is 4.74 Å². The van der Waals surface area contributed by atoms with Crippen LogP contribution in [-0.4, -0.2) is 51.4 Å². The van der Waals surface area contributed by atoms with Gasteiger partial charge in [0.2, 0.25) is 10.0 Å². The molecule has 1 heterocycles. The van der Waals surface area contributed by atoms with Crippen LogP contribution in [0.4, 0.5) is 0 Å². The molecule has 2 aromatic carbocycles. The van der Waals surface area contributed by atoms with Gasteiger partial charge in [-0.3, -0.25) is 0 Å². The predicted molar refractivity (Wildman–Crippen MR) is 98.3 cm³/mol. The number of piperazine rings is 1. The molecule has 0 amide bonds. The molecule has 1 fully saturated rings. The second kappa shape index (κ2) is 8.39. The van der Waals surface area contributed by atoms with Crippen LogP contribution in [0.15, 0.2) is 53.4 Å². The van der Waals surface area contributed by atoms with E-state index in [-0.39, 0.29) is 23.3 Å². The van der Waals surface area contributed by atoms with Crippen LogP contribution in [0.3, 0.4) is 0 Å². The molecule has 0 saturated carbocycles. The third kappa shape index (κ3) is 4.04. The van der Waals surface area contributed by atoms with E-state index >= 15 is 0 Å². The van der Waals surface area contributed by atoms with Gasteiger partial charge in [0.15, 0.2) is 0 Å². The highest BCUT2D eigenvalue weighted by Crippen LogP contribution is 2.34. The zero-order valence-electron chi connectivity index (χ0n) is 15.2. The number of aryl methyl sites for hydroxylation is 1. The summed E-state index contributed by atoms with van der Waals surface area (Å²) < 4.78 is 33.8. The molecular weight excluding hydrogens is 372 g/mol. The van der Waals surface area contributed by atoms with Crippen LogP contribution >= 0.6 is 0 Å². The fraction of sp³-hybridized carbons (Fsp3) is 0.368. The Balaban J connectivity index is 0.00000243. The van der Waals surface area contributed by atoms with Gasteiger partial charge in [-0.25, -0.2) is 8.42 Å². The topological polar surface area (TPSA) is 49.9 Å². The lowest BCUT2D eigenvalue weighted by atomic mass is 10.1. The van der Waals surface area contributed by atoms with E-state index in [1.807, 2.05) is 50.4 Å². The molecule has 0 N–H and O–H groups in total. The minimum Gasteiger partial charge on any atom is -1.00 e. The van der Waals surface area contributed by atoms with E-state index in [0.717, 1.165) is 11.1 Å². The molecule has 0 aliphatic carbocycles. The summed E-state index contributed by atoms with van der Waals surface area (Å²) >= 11 is 0. The van der Waals surface area contributed by atoms with Gasteiger partial charge in [0.05, 0.1) is 13.2 Å². The van der Waals surface area contributed by atoms with Crippen molar-refractivity contribution in [2.45, 2.75) is 17.9 Å². The molecule has 5 nitrogen and oxygen atoms in total. The van der Waals surface area contributed by atoms with Crippen LogP contribution in [0.1, 0.15) is 17.2 Å². The lowest BCUT2D eigenvalue weighted by Crippen LogP contribution is -3.00. The number of benzene rings is 2. The van der Waals surface area contributed by atoms with E-state index in [2.05, 4.69) is 4.90 Å². The average Bonchev–Trinajstić information content (AvgIpc) is 2.62. The van der Waals surface area contributed by atoms with Crippen molar-refractivity contribution in [2.75, 3.05) is 33.8 Å². The Morgan fingerprint density at radius 3 is 2.42 bits per heavy atom. The van der Waals surface area contributed by atoms with Gasteiger partial charge >= 0.3 is 0 Å². The number of halogens is 1. The third-order valence-corrected chi connectivity index (χ3v) is 6.55. The Kier molecular flexibility index (Phi) is 6.69. The van der Waals surface area contributed by atoms with Crippen molar-refractivity contribution in [1.82, 2.24) is 9.21 Å². The van der Waals surface area contributed by atoms with E-state index < -0.39 is 10.0 Å². The number of rotatable bonds is 4. The first-order valence-corrected chi connectivity index (χ1v) is 9.77. The van der Waals surface area contributed by atoms with Crippen molar-refractivity contribution in [1.29, 1.82) is 0 Å². The molecule has 1 aliphatic heterocycles. The molecule has 26 heavy (non-hydrogen) atoms. The van der Waals surface area contributed by atoms with Crippen LogP contribution in [0.2, 0.25) is 0 Å². The van der Waals surface area contributed by atoms with E-state index in [1.54, 1.807) is 16.4 Å². The average molecular weight is 396 g/mol. The van der Waals surface area contributed by atoms with E-state index in [1.165, 1.54) is 7.11 Å². The van der Waals surface area contributed by atoms with Crippen LogP contribution in [0.5, 0.6) is 5.75 Å². The lowest BCUT2D eigenvalue weighted by Gasteiger charge is -2.39. The van der Waals surface area contributed by atoms with Gasteiger partial charge < -0.3 is 22.0 Å². The fourth-order valence-corrected chi connectivity index (χ4v) is 5.09. The monoisotopic (exact) mass is 395 g/mol. The zero-order chi connectivity index (χ0) is 18.0. The number of likely N-dealkylation sites (N-methyl/N-ethyl adjacent to an activating group) is 1. The summed E-state index contributed by atoms with van der Waals surface area (Å²) in [5.41, 5.74) is 1.90. The Bertz CT molecular complexity index is 843. The summed E-state index contributed by atoms with van der Waals surface area (Å²) in [6, 6.07) is 14.9. The van der Waals surface area contributed by atoms with Gasteiger partial charge in [0.1, 0.15) is 10.6 Å². The first-order chi connectivity index (χ1) is 11.9. The van der Waals surface area contributed by atoms with E-state index in [0.29, 0.717) is 25.4 Å². The van der Waals surface area contributed by atoms with Gasteiger partial charge in [0.25, 0.3) is 0 Å². The Morgan fingerprint density at radius 1 is 1.08 bits per heavy atom. The van der Waals surface area contributed by atoms with Gasteiger partial charge in [-0.05, 0) is 37.2 Å². The Labute approximate surface area is 162 Å². The van der Waals surface area contributed by atoms with Gasteiger partial charge in [-0.1, -0.05) is 36.4 Å². The first kappa shape index (κ1) is 20.7. The second-order valence-electron chi connectivity index (χ2n) is 6.46. The standard InChI is InChI=1S/C19H24N2O3S.ClH/c1-15-9-10-18(24-3)19(13-15)25(22,23)21-12-11-20(2)14-17(21)16-7-5-4-6-8-16;/h4-10,13,17H,11-12,14H2,1-3H3;1H/p-1. The summed E-state index contributed by atoms with van der Waals surface area (Å²) in [5.74, 6) is 0.385. The minimum absolute atomic E-state index is 0. The smallest absolute Gasteiger partial charge is 0.247 e. The molecule has 1 atom stereocenters. The molecule has 3 rings (SSSR count). The number of methoxy groups -OCH3 is 1. The predicted octanol–water partition coefficient (Wildman–Crippen LogP) is -0.315. The molecule has 0 spiro atoms. The highest BCUT2D eigenvalue weighted by atomic mass is 35.5. The summed E-state index contributed by atoms with van der Waals surface area (Å²) in [6.07, 6.45) is 0. The fourth-order valence-electron chi connectivity index (χ4n) is 3.25. The highest BCUT2D eigenvalue weighted by molar-refractivity contribution is 7.89. The maximum absolute atomic E-state index is 13.4. The molecule has 7 heteroatoms. The molecule has 0 aromatic heterocycles. The van der Waals surface area contributed by atoms with Crippen LogP contribution in [0.25, 0.3) is 0 Å². The van der Waals surface area contributed by atoms with Gasteiger partial charge in [-0.15, -0.1) is 0 Å². The Morgan fingerprint density at radius 2 is 1.77 bits per heavy atom. The molecule has 0 radical (unpaired) electrons. The first-order valence-electron chi connectivity index (χ1n) is 8.33. The summed E-state index contributed by atoms with van der Waals surface area (Å²) in [4.78, 5) is 2.40. The van der Waals surface area contributed by atoms with Crippen LogP contribution in [0, 0.1) is 6.92 Å². The normalized spacial score (nSPS) is 19.0. The number of nitrogens with zero attached hydrogens (tertiary/aromatic N) is 2. The quantitative estimate of drug-likeness (QED) is 0.712. The molecule has 1 aliphatic rings. The van der Waals surface area contributed by atoms with Crippen LogP contribution in [-0.2, 0) is 10.0 Å². The highest BCUT2D eigenvalue weighted by Gasteiger charge is 2.37. The third-order valence-electron chi connectivity index (χ3n) is 4.62. The second-order valence-corrected chi connectivity index (χ2v) is 8.32. The van der Waals surface area contributed by atoms with Crippen molar-refractivity contribution in [3.8, 4) is 5.75 Å². The summed E-state index contributed by atoms with van der Waals surface area (Å²) in [6.45, 7) is 3.71. The molecule has 1 unspecified atom stereocenters. The number of ether oxygens (including phenoxy) is 1. The van der Waals surface area contributed by atoms with Crippen molar-refractivity contribution in [2.24, 2.45) is 0 Å². The molecular formula is C19H24ClN2O3S-. The molecule has 1 saturated heterocycles. The van der Waals surface area contributed by atoms with Crippen molar-refractivity contribution in [3.63, 3.8) is 0 Å². The van der Waals surface area contributed by atoms with Crippen LogP contribution < -0.4 is 17.1 Å². The number of sulfonamides is 1. The lowest BCUT2D eigenvalue weighted by molar-refractivity contribution is -0.00000845. The summed E-state index contributed by atoms with van der Waals surface area (Å²) in [5, 5.41) is 0. The number of hydrogen-bond donors (Lipinski definition) is 0. The maximum atomic E-state index is 13.4. The minimum atomic E-state index is -3.67. The summed E-state index contributed by atoms with van der Waals surface area (Å²) in [7, 11) is -0.143. The van der Waals surface area contributed by atoms with Crippen molar-refractivity contribution >= 4 is 10.0 Å². The van der Waals surface area contributed by atoms with Gasteiger partial charge in [-0.2, -0.15) is 4.31 Å². The van der Waals surface area contributed by atoms with Crippen molar-refractivity contribution in [3.05, 3.63) is 59.7 Å². The maximum Gasteiger partial charge on any atom is 0.247 e. The molecule has 2 aromatic rings. The molecule has 142 valence electrons. The van der Waals surface area contributed by atoms with Gasteiger partial charge in [0, 0.05) is 19.6 Å². The SMILES string of the molecule is COc1ccc(C)cc1S(=O)(=O)N1CCN(C)CC1c1ccccc1.[Cl-]. The van der Waals surface area contributed by atoms with Crippen molar-refractivity contribution < 1.29 is 25.6 Å². The largest absolute Gasteiger partial charge is 1.00 e. The Hall–Kier alpha value is -1.60. The van der Waals surface area contributed by atoms with E-state index in [9.17, 15) is 8.42 Å². The molecule has 0 bridgehead atoms. The zero-order valence-corrected chi connectivity index (χ0v) is 16.8.